The zero-order valence-electron chi connectivity index (χ0n) is 8.34. The van der Waals surface area contributed by atoms with Gasteiger partial charge in [0.05, 0.1) is 0 Å². The summed E-state index contributed by atoms with van der Waals surface area (Å²) in [6.45, 7) is 0. The van der Waals surface area contributed by atoms with Crippen molar-refractivity contribution in [2.75, 3.05) is 0 Å². The van der Waals surface area contributed by atoms with E-state index in [-0.39, 0.29) is 11.2 Å². The van der Waals surface area contributed by atoms with Gasteiger partial charge < -0.3 is 0 Å². The Morgan fingerprint density at radius 2 is 2.00 bits per heavy atom. The van der Waals surface area contributed by atoms with Crippen LogP contribution in [0.15, 0.2) is 15.9 Å². The Labute approximate surface area is 89.8 Å². The van der Waals surface area contributed by atoms with E-state index in [1.54, 1.807) is 0 Å². The second kappa shape index (κ2) is 3.14. The second-order valence-corrected chi connectivity index (χ2v) is 3.03. The van der Waals surface area contributed by atoms with E-state index >= 15 is 0 Å². The highest BCUT2D eigenvalue weighted by Crippen LogP contribution is 2.03. The van der Waals surface area contributed by atoms with Gasteiger partial charge in [-0.25, -0.2) is 14.3 Å². The van der Waals surface area contributed by atoms with Crippen LogP contribution in [-0.4, -0.2) is 18.7 Å². The molecule has 0 bridgehead atoms. The zero-order chi connectivity index (χ0) is 11.9. The van der Waals surface area contributed by atoms with Gasteiger partial charge in [0.2, 0.25) is 0 Å². The molecule has 0 aromatic carbocycles. The van der Waals surface area contributed by atoms with E-state index in [0.717, 1.165) is 9.13 Å². The van der Waals surface area contributed by atoms with E-state index in [9.17, 15) is 9.59 Å². The van der Waals surface area contributed by atoms with Gasteiger partial charge in [0, 0.05) is 19.1 Å². The smallest absolute Gasteiger partial charge is 0.267 e. The molecule has 0 unspecified atom stereocenters. The van der Waals surface area contributed by atoms with Crippen LogP contribution in [0, 0.1) is 24.9 Å². The van der Waals surface area contributed by atoms with Crippen molar-refractivity contribution in [3.8, 4) is 24.9 Å². The first-order valence-corrected chi connectivity index (χ1v) is 4.24. The average molecular weight is 214 g/mol. The summed E-state index contributed by atoms with van der Waals surface area (Å²) in [4.78, 5) is 27.2. The third-order valence-corrected chi connectivity index (χ3v) is 2.21. The number of imidazole rings is 1. The van der Waals surface area contributed by atoms with Crippen LogP contribution in [0.4, 0.5) is 0 Å². The number of rotatable bonds is 0. The maximum Gasteiger partial charge on any atom is 0.344 e. The van der Waals surface area contributed by atoms with E-state index in [4.69, 9.17) is 12.8 Å². The Hall–Kier alpha value is -2.73. The lowest BCUT2D eigenvalue weighted by Gasteiger charge is -2.01. The predicted octanol–water partition coefficient (Wildman–Crippen LogP) is -1.23. The third-order valence-electron chi connectivity index (χ3n) is 2.21. The van der Waals surface area contributed by atoms with Gasteiger partial charge in [-0.15, -0.1) is 0 Å². The van der Waals surface area contributed by atoms with Crippen molar-refractivity contribution in [3.63, 3.8) is 0 Å². The molecule has 2 heterocycles. The molecule has 2 aromatic rings. The van der Waals surface area contributed by atoms with E-state index in [0.29, 0.717) is 0 Å². The molecule has 0 aliphatic carbocycles. The van der Waals surface area contributed by atoms with Crippen LogP contribution in [0.3, 0.4) is 0 Å². The first kappa shape index (κ1) is 9.81. The molecule has 0 saturated carbocycles. The molecule has 0 atom stereocenters. The van der Waals surface area contributed by atoms with Gasteiger partial charge in [0.15, 0.2) is 11.2 Å². The highest BCUT2D eigenvalue weighted by molar-refractivity contribution is 5.72. The van der Waals surface area contributed by atoms with Crippen molar-refractivity contribution in [2.24, 2.45) is 7.05 Å². The first-order chi connectivity index (χ1) is 7.61. The number of fused-ring (bicyclic) bond motifs is 1. The largest absolute Gasteiger partial charge is 0.344 e. The number of hydrogen-bond donors (Lipinski definition) is 0. The highest BCUT2D eigenvalue weighted by Gasteiger charge is 2.14. The molecule has 78 valence electrons. The lowest BCUT2D eigenvalue weighted by molar-refractivity contribution is 0.755. The normalized spacial score (nSPS) is 9.94. The molecular weight excluding hydrogens is 208 g/mol. The molecular formula is C10H6N4O2. The van der Waals surface area contributed by atoms with Gasteiger partial charge in [-0.3, -0.25) is 13.9 Å². The van der Waals surface area contributed by atoms with Crippen LogP contribution in [0.5, 0.6) is 0 Å². The minimum absolute atomic E-state index is 0.0913. The maximum atomic E-state index is 11.8. The van der Waals surface area contributed by atoms with Crippen molar-refractivity contribution < 1.29 is 0 Å². The molecule has 0 aliphatic heterocycles. The van der Waals surface area contributed by atoms with Gasteiger partial charge in [0.1, 0.15) is 6.33 Å². The molecule has 0 saturated heterocycles. The number of hydrogen-bond acceptors (Lipinski definition) is 3. The van der Waals surface area contributed by atoms with Crippen LogP contribution in [0.2, 0.25) is 0 Å². The topological polar surface area (TPSA) is 61.8 Å². The van der Waals surface area contributed by atoms with E-state index < -0.39 is 11.2 Å². The van der Waals surface area contributed by atoms with Crippen molar-refractivity contribution in [1.29, 1.82) is 0 Å². The van der Waals surface area contributed by atoms with Crippen molar-refractivity contribution in [1.82, 2.24) is 18.7 Å². The molecule has 2 aromatic heterocycles. The summed E-state index contributed by atoms with van der Waals surface area (Å²) in [6, 6.07) is 4.39. The van der Waals surface area contributed by atoms with Crippen LogP contribution < -0.4 is 11.2 Å². The van der Waals surface area contributed by atoms with Crippen LogP contribution in [-0.2, 0) is 7.05 Å². The standard InChI is InChI=1S/C10H6N4O2/c1-4-13-6-11-8-7(13)9(15)12(3)10(16)14(8)5-2/h1-2,6H,3H3. The minimum atomic E-state index is -0.623. The minimum Gasteiger partial charge on any atom is -0.267 e. The average Bonchev–Trinajstić information content (AvgIpc) is 2.70. The molecule has 0 N–H and O–H groups in total. The fourth-order valence-electron chi connectivity index (χ4n) is 1.40. The molecule has 2 rings (SSSR count). The summed E-state index contributed by atoms with van der Waals surface area (Å²) >= 11 is 0. The SMILES string of the molecule is C#Cn1cnc2c1c(=O)n(C)c(=O)n2C#C. The summed E-state index contributed by atoms with van der Waals surface area (Å²) in [6.07, 6.45) is 11.6. The monoisotopic (exact) mass is 214 g/mol. The van der Waals surface area contributed by atoms with Crippen molar-refractivity contribution in [2.45, 2.75) is 0 Å². The van der Waals surface area contributed by atoms with Crippen molar-refractivity contribution in [3.05, 3.63) is 27.2 Å². The van der Waals surface area contributed by atoms with E-state index in [1.165, 1.54) is 17.9 Å². The molecule has 0 amide bonds. The van der Waals surface area contributed by atoms with E-state index in [2.05, 4.69) is 17.1 Å². The first-order valence-electron chi connectivity index (χ1n) is 4.24. The summed E-state index contributed by atoms with van der Waals surface area (Å²) in [5.74, 6) is 0. The number of terminal acetylenes is 2. The fraction of sp³-hybridized carbons (Fsp3) is 0.100. The molecule has 16 heavy (non-hydrogen) atoms. The Kier molecular flexibility index (Phi) is 1.93. The predicted molar refractivity (Wildman–Crippen MR) is 57.7 cm³/mol. The molecule has 0 radical (unpaired) electrons. The summed E-state index contributed by atoms with van der Waals surface area (Å²) in [5.41, 5.74) is -0.944. The highest BCUT2D eigenvalue weighted by atomic mass is 16.2. The molecule has 0 fully saturated rings. The van der Waals surface area contributed by atoms with Crippen LogP contribution in [0.1, 0.15) is 0 Å². The molecule has 6 nitrogen and oxygen atoms in total. The van der Waals surface area contributed by atoms with Crippen LogP contribution in [0.25, 0.3) is 11.2 Å². The van der Waals surface area contributed by atoms with Gasteiger partial charge >= 0.3 is 5.69 Å². The lowest BCUT2D eigenvalue weighted by atomic mass is 10.5. The molecule has 6 heteroatoms. The molecule has 0 spiro atoms. The van der Waals surface area contributed by atoms with Gasteiger partial charge in [-0.05, 0) is 0 Å². The number of nitrogens with zero attached hydrogens (tertiary/aromatic N) is 4. The summed E-state index contributed by atoms with van der Waals surface area (Å²) < 4.78 is 3.01. The summed E-state index contributed by atoms with van der Waals surface area (Å²) in [7, 11) is 1.33. The van der Waals surface area contributed by atoms with Gasteiger partial charge in [-0.1, -0.05) is 12.8 Å². The Morgan fingerprint density at radius 3 is 2.56 bits per heavy atom. The third kappa shape index (κ3) is 1.01. The Morgan fingerprint density at radius 1 is 1.31 bits per heavy atom. The molecule has 0 aliphatic rings. The maximum absolute atomic E-state index is 11.8. The fourth-order valence-corrected chi connectivity index (χ4v) is 1.40. The zero-order valence-corrected chi connectivity index (χ0v) is 8.34. The Balaban J connectivity index is 3.23. The van der Waals surface area contributed by atoms with Gasteiger partial charge in [-0.2, -0.15) is 0 Å². The van der Waals surface area contributed by atoms with Crippen molar-refractivity contribution >= 4 is 11.2 Å². The Bertz CT molecular complexity index is 776. The number of aromatic nitrogens is 4. The summed E-state index contributed by atoms with van der Waals surface area (Å²) in [5, 5.41) is 0. The van der Waals surface area contributed by atoms with E-state index in [1.807, 2.05) is 0 Å². The second-order valence-electron chi connectivity index (χ2n) is 3.03. The lowest BCUT2D eigenvalue weighted by Crippen LogP contribution is -2.37. The van der Waals surface area contributed by atoms with Gasteiger partial charge in [0.25, 0.3) is 5.56 Å². The van der Waals surface area contributed by atoms with Crippen LogP contribution >= 0.6 is 0 Å². The quantitative estimate of drug-likeness (QED) is 0.516.